The molecular formula is C17H22N2OS. The van der Waals surface area contributed by atoms with Gasteiger partial charge in [-0.1, -0.05) is 30.3 Å². The number of aryl methyl sites for hydroxylation is 1. The molecule has 112 valence electrons. The van der Waals surface area contributed by atoms with Gasteiger partial charge < -0.3 is 4.74 Å². The molecule has 0 heterocycles. The molecule has 0 aliphatic heterocycles. The quantitative estimate of drug-likeness (QED) is 0.446. The third-order valence-electron chi connectivity index (χ3n) is 3.37. The van der Waals surface area contributed by atoms with Crippen LogP contribution in [0.15, 0.2) is 59.5 Å². The summed E-state index contributed by atoms with van der Waals surface area (Å²) in [5, 5.41) is 0. The van der Waals surface area contributed by atoms with Crippen LogP contribution in [0.2, 0.25) is 0 Å². The molecule has 21 heavy (non-hydrogen) atoms. The molecule has 2 rings (SSSR count). The van der Waals surface area contributed by atoms with Gasteiger partial charge in [0.2, 0.25) is 0 Å². The molecule has 0 aromatic heterocycles. The van der Waals surface area contributed by atoms with Crippen LogP contribution >= 0.6 is 11.8 Å². The fourth-order valence-electron chi connectivity index (χ4n) is 2.06. The number of hydrogen-bond donors (Lipinski definition) is 2. The molecule has 0 aliphatic rings. The zero-order valence-corrected chi connectivity index (χ0v) is 13.1. The Morgan fingerprint density at radius 2 is 1.81 bits per heavy atom. The smallest absolute Gasteiger partial charge is 0.118 e. The highest BCUT2D eigenvalue weighted by Gasteiger charge is 2.08. The zero-order valence-electron chi connectivity index (χ0n) is 12.3. The Kier molecular flexibility index (Phi) is 6.60. The standard InChI is InChI=1S/C17H22N2OS/c1-20-16-11-8-14(9-12-16)7-10-15(19-18)13-21-17-5-3-2-4-6-17/h2-6,8-9,11-12,15,19H,7,10,13,18H2,1H3. The van der Waals surface area contributed by atoms with Crippen LogP contribution in [0.25, 0.3) is 0 Å². The molecule has 0 fully saturated rings. The summed E-state index contributed by atoms with van der Waals surface area (Å²) in [5.74, 6) is 7.53. The van der Waals surface area contributed by atoms with E-state index in [0.717, 1.165) is 24.3 Å². The van der Waals surface area contributed by atoms with Crippen LogP contribution in [-0.2, 0) is 6.42 Å². The number of rotatable bonds is 8. The normalized spacial score (nSPS) is 12.1. The van der Waals surface area contributed by atoms with Crippen molar-refractivity contribution in [3.63, 3.8) is 0 Å². The van der Waals surface area contributed by atoms with E-state index in [-0.39, 0.29) is 0 Å². The summed E-state index contributed by atoms with van der Waals surface area (Å²) in [7, 11) is 1.68. The molecule has 4 heteroatoms. The van der Waals surface area contributed by atoms with Crippen molar-refractivity contribution in [3.05, 3.63) is 60.2 Å². The van der Waals surface area contributed by atoms with E-state index < -0.39 is 0 Å². The molecular weight excluding hydrogens is 280 g/mol. The van der Waals surface area contributed by atoms with E-state index in [9.17, 15) is 0 Å². The van der Waals surface area contributed by atoms with Crippen molar-refractivity contribution in [1.29, 1.82) is 0 Å². The van der Waals surface area contributed by atoms with Gasteiger partial charge in [-0.25, -0.2) is 0 Å². The van der Waals surface area contributed by atoms with Crippen LogP contribution in [0.4, 0.5) is 0 Å². The Labute approximate surface area is 130 Å². The molecule has 2 aromatic carbocycles. The van der Waals surface area contributed by atoms with E-state index >= 15 is 0 Å². The Hall–Kier alpha value is -1.49. The van der Waals surface area contributed by atoms with Gasteiger partial charge in [-0.2, -0.15) is 0 Å². The van der Waals surface area contributed by atoms with Crippen molar-refractivity contribution in [2.24, 2.45) is 5.84 Å². The van der Waals surface area contributed by atoms with Gasteiger partial charge in [0, 0.05) is 16.7 Å². The fourth-order valence-corrected chi connectivity index (χ4v) is 3.07. The molecule has 3 N–H and O–H groups in total. The molecule has 1 unspecified atom stereocenters. The molecule has 3 nitrogen and oxygen atoms in total. The second-order valence-electron chi connectivity index (χ2n) is 4.87. The number of thioether (sulfide) groups is 1. The van der Waals surface area contributed by atoms with Crippen LogP contribution in [0, 0.1) is 0 Å². The van der Waals surface area contributed by atoms with Crippen molar-refractivity contribution in [1.82, 2.24) is 5.43 Å². The summed E-state index contributed by atoms with van der Waals surface area (Å²) in [6.07, 6.45) is 2.02. The summed E-state index contributed by atoms with van der Waals surface area (Å²) in [4.78, 5) is 1.28. The van der Waals surface area contributed by atoms with Gasteiger partial charge >= 0.3 is 0 Å². The number of benzene rings is 2. The SMILES string of the molecule is COc1ccc(CCC(CSc2ccccc2)NN)cc1. The predicted molar refractivity (Wildman–Crippen MR) is 89.6 cm³/mol. The topological polar surface area (TPSA) is 47.3 Å². The summed E-state index contributed by atoms with van der Waals surface area (Å²) < 4.78 is 5.17. The average molecular weight is 302 g/mol. The molecule has 0 aliphatic carbocycles. The van der Waals surface area contributed by atoms with Crippen LogP contribution in [0.1, 0.15) is 12.0 Å². The summed E-state index contributed by atoms with van der Waals surface area (Å²) >= 11 is 1.83. The lowest BCUT2D eigenvalue weighted by atomic mass is 10.1. The number of ether oxygens (including phenoxy) is 1. The van der Waals surface area contributed by atoms with Gasteiger partial charge in [-0.05, 0) is 42.7 Å². The molecule has 0 saturated heterocycles. The highest BCUT2D eigenvalue weighted by atomic mass is 32.2. The van der Waals surface area contributed by atoms with E-state index in [1.54, 1.807) is 7.11 Å². The molecule has 0 amide bonds. The number of hydrazine groups is 1. The lowest BCUT2D eigenvalue weighted by Crippen LogP contribution is -2.37. The van der Waals surface area contributed by atoms with Crippen LogP contribution < -0.4 is 16.0 Å². The van der Waals surface area contributed by atoms with E-state index in [4.69, 9.17) is 10.6 Å². The van der Waals surface area contributed by atoms with E-state index in [1.165, 1.54) is 10.5 Å². The van der Waals surface area contributed by atoms with Crippen molar-refractivity contribution in [3.8, 4) is 5.75 Å². The minimum Gasteiger partial charge on any atom is -0.497 e. The maximum Gasteiger partial charge on any atom is 0.118 e. The molecule has 1 atom stereocenters. The lowest BCUT2D eigenvalue weighted by molar-refractivity contribution is 0.414. The van der Waals surface area contributed by atoms with Gasteiger partial charge in [0.1, 0.15) is 5.75 Å². The highest BCUT2D eigenvalue weighted by Crippen LogP contribution is 2.19. The number of nitrogens with one attached hydrogen (secondary N) is 1. The van der Waals surface area contributed by atoms with Gasteiger partial charge in [-0.15, -0.1) is 11.8 Å². The van der Waals surface area contributed by atoms with Crippen LogP contribution in [0.3, 0.4) is 0 Å². The Balaban J connectivity index is 1.79. The summed E-state index contributed by atoms with van der Waals surface area (Å²) in [6, 6.07) is 18.9. The Morgan fingerprint density at radius 1 is 1.10 bits per heavy atom. The number of hydrogen-bond acceptors (Lipinski definition) is 4. The third-order valence-corrected chi connectivity index (χ3v) is 4.55. The third kappa shape index (κ3) is 5.42. The number of methoxy groups -OCH3 is 1. The fraction of sp³-hybridized carbons (Fsp3) is 0.294. The first-order valence-electron chi connectivity index (χ1n) is 7.08. The van der Waals surface area contributed by atoms with E-state index in [1.807, 2.05) is 30.0 Å². The van der Waals surface area contributed by atoms with Crippen LogP contribution in [-0.4, -0.2) is 18.9 Å². The molecule has 2 aromatic rings. The largest absolute Gasteiger partial charge is 0.497 e. The molecule has 0 saturated carbocycles. The Bertz CT molecular complexity index is 516. The second-order valence-corrected chi connectivity index (χ2v) is 5.97. The van der Waals surface area contributed by atoms with E-state index in [2.05, 4.69) is 41.8 Å². The first-order chi connectivity index (χ1) is 10.3. The summed E-state index contributed by atoms with van der Waals surface area (Å²) in [5.41, 5.74) is 4.23. The maximum atomic E-state index is 5.66. The Morgan fingerprint density at radius 3 is 2.43 bits per heavy atom. The molecule has 0 bridgehead atoms. The molecule has 0 radical (unpaired) electrons. The summed E-state index contributed by atoms with van der Waals surface area (Å²) in [6.45, 7) is 0. The van der Waals surface area contributed by atoms with Crippen molar-refractivity contribution >= 4 is 11.8 Å². The van der Waals surface area contributed by atoms with Crippen molar-refractivity contribution in [2.75, 3.05) is 12.9 Å². The van der Waals surface area contributed by atoms with Gasteiger partial charge in [0.25, 0.3) is 0 Å². The first kappa shape index (κ1) is 15.9. The minimum atomic E-state index is 0.303. The monoisotopic (exact) mass is 302 g/mol. The highest BCUT2D eigenvalue weighted by molar-refractivity contribution is 7.99. The van der Waals surface area contributed by atoms with Gasteiger partial charge in [0.05, 0.1) is 7.11 Å². The van der Waals surface area contributed by atoms with Crippen molar-refractivity contribution < 1.29 is 4.74 Å². The zero-order chi connectivity index (χ0) is 14.9. The van der Waals surface area contributed by atoms with Crippen LogP contribution in [0.5, 0.6) is 5.75 Å². The lowest BCUT2D eigenvalue weighted by Gasteiger charge is -2.15. The second kappa shape index (κ2) is 8.72. The van der Waals surface area contributed by atoms with E-state index in [0.29, 0.717) is 6.04 Å². The average Bonchev–Trinajstić information content (AvgIpc) is 2.56. The minimum absolute atomic E-state index is 0.303. The number of nitrogens with two attached hydrogens (primary N) is 1. The van der Waals surface area contributed by atoms with Crippen molar-refractivity contribution in [2.45, 2.75) is 23.8 Å². The predicted octanol–water partition coefficient (Wildman–Crippen LogP) is 3.25. The van der Waals surface area contributed by atoms with Gasteiger partial charge in [-0.3, -0.25) is 11.3 Å². The van der Waals surface area contributed by atoms with Gasteiger partial charge in [0.15, 0.2) is 0 Å². The molecule has 0 spiro atoms. The maximum absolute atomic E-state index is 5.66. The first-order valence-corrected chi connectivity index (χ1v) is 8.07.